The van der Waals surface area contributed by atoms with Crippen molar-refractivity contribution in [3.63, 3.8) is 0 Å². The normalized spacial score (nSPS) is 10.4. The van der Waals surface area contributed by atoms with Crippen LogP contribution in [0.3, 0.4) is 0 Å². The number of carbonyl (C=O) groups excluding carboxylic acids is 1. The van der Waals surface area contributed by atoms with E-state index in [1.54, 1.807) is 36.4 Å². The molecule has 1 aromatic heterocycles. The number of rotatable bonds is 2. The van der Waals surface area contributed by atoms with Crippen molar-refractivity contribution in [2.24, 2.45) is 0 Å². The summed E-state index contributed by atoms with van der Waals surface area (Å²) in [5.74, 6) is -0.179. The molecule has 0 N–H and O–H groups in total. The van der Waals surface area contributed by atoms with Crippen LogP contribution >= 0.6 is 0 Å². The van der Waals surface area contributed by atoms with Crippen LogP contribution in [-0.2, 0) is 0 Å². The van der Waals surface area contributed by atoms with E-state index in [0.29, 0.717) is 16.8 Å². The molecule has 0 radical (unpaired) electrons. The number of ether oxygens (including phenoxy) is 1. The van der Waals surface area contributed by atoms with E-state index in [9.17, 15) is 4.79 Å². The van der Waals surface area contributed by atoms with E-state index in [2.05, 4.69) is 4.98 Å². The molecule has 0 saturated carbocycles. The molecule has 0 aliphatic carbocycles. The van der Waals surface area contributed by atoms with E-state index in [0.717, 1.165) is 0 Å². The van der Waals surface area contributed by atoms with Crippen molar-refractivity contribution in [3.8, 4) is 5.75 Å². The number of esters is 1. The highest BCUT2D eigenvalue weighted by atomic mass is 16.5. The van der Waals surface area contributed by atoms with Gasteiger partial charge in [0.05, 0.1) is 0 Å². The SMILES string of the molecule is O=C(Oc1ccccc1)c1nc2ccccc2o1. The Morgan fingerprint density at radius 1 is 1.00 bits per heavy atom. The highest BCUT2D eigenvalue weighted by Crippen LogP contribution is 2.17. The highest BCUT2D eigenvalue weighted by Gasteiger charge is 2.16. The van der Waals surface area contributed by atoms with Crippen LogP contribution in [0.5, 0.6) is 5.75 Å². The largest absolute Gasteiger partial charge is 0.431 e. The number of nitrogens with zero attached hydrogens (tertiary/aromatic N) is 1. The molecule has 0 amide bonds. The molecule has 4 nitrogen and oxygen atoms in total. The van der Waals surface area contributed by atoms with Gasteiger partial charge in [0.25, 0.3) is 0 Å². The zero-order valence-corrected chi connectivity index (χ0v) is 9.37. The average Bonchev–Trinajstić information content (AvgIpc) is 2.84. The second kappa shape index (κ2) is 4.33. The molecule has 3 aromatic rings. The lowest BCUT2D eigenvalue weighted by Gasteiger charge is -1.99. The maximum atomic E-state index is 11.8. The van der Waals surface area contributed by atoms with Gasteiger partial charge in [-0.15, -0.1) is 0 Å². The molecular formula is C14H9NO3. The Morgan fingerprint density at radius 3 is 2.50 bits per heavy atom. The van der Waals surface area contributed by atoms with Crippen LogP contribution in [0.2, 0.25) is 0 Å². The number of oxazole rings is 1. The number of hydrogen-bond acceptors (Lipinski definition) is 4. The molecule has 0 fully saturated rings. The topological polar surface area (TPSA) is 52.3 Å². The number of carbonyl (C=O) groups is 1. The van der Waals surface area contributed by atoms with Crippen molar-refractivity contribution in [1.29, 1.82) is 0 Å². The number of benzene rings is 2. The summed E-state index contributed by atoms with van der Waals surface area (Å²) in [5, 5.41) is 0. The van der Waals surface area contributed by atoms with Gasteiger partial charge in [-0.1, -0.05) is 30.3 Å². The molecule has 0 spiro atoms. The summed E-state index contributed by atoms with van der Waals surface area (Å²) < 4.78 is 10.5. The first-order valence-corrected chi connectivity index (χ1v) is 5.46. The van der Waals surface area contributed by atoms with Gasteiger partial charge in [-0.3, -0.25) is 0 Å². The number of fused-ring (bicyclic) bond motifs is 1. The smallest absolute Gasteiger partial charge is 0.400 e. The fourth-order valence-electron chi connectivity index (χ4n) is 1.60. The van der Waals surface area contributed by atoms with Crippen LogP contribution in [-0.4, -0.2) is 11.0 Å². The van der Waals surface area contributed by atoms with Gasteiger partial charge in [0, 0.05) is 0 Å². The molecule has 88 valence electrons. The minimum atomic E-state index is -0.600. The molecule has 0 unspecified atom stereocenters. The summed E-state index contributed by atoms with van der Waals surface area (Å²) in [7, 11) is 0. The summed E-state index contributed by atoms with van der Waals surface area (Å²) in [6.07, 6.45) is 0. The fraction of sp³-hybridized carbons (Fsp3) is 0. The molecular weight excluding hydrogens is 230 g/mol. The predicted molar refractivity (Wildman–Crippen MR) is 65.4 cm³/mol. The van der Waals surface area contributed by atoms with E-state index < -0.39 is 5.97 Å². The summed E-state index contributed by atoms with van der Waals surface area (Å²) in [6.45, 7) is 0. The first-order chi connectivity index (χ1) is 8.83. The minimum Gasteiger partial charge on any atom is -0.431 e. The summed E-state index contributed by atoms with van der Waals surface area (Å²) in [6, 6.07) is 16.0. The molecule has 4 heteroatoms. The Morgan fingerprint density at radius 2 is 1.72 bits per heavy atom. The predicted octanol–water partition coefficient (Wildman–Crippen LogP) is 3.05. The number of aromatic nitrogens is 1. The first-order valence-electron chi connectivity index (χ1n) is 5.46. The maximum absolute atomic E-state index is 11.8. The second-order valence-electron chi connectivity index (χ2n) is 3.69. The third kappa shape index (κ3) is 1.96. The third-order valence-electron chi connectivity index (χ3n) is 2.42. The summed E-state index contributed by atoms with van der Waals surface area (Å²) >= 11 is 0. The first kappa shape index (κ1) is 10.5. The standard InChI is InChI=1S/C14H9NO3/c16-14(17-10-6-2-1-3-7-10)13-15-11-8-4-5-9-12(11)18-13/h1-9H. The van der Waals surface area contributed by atoms with E-state index in [1.165, 1.54) is 0 Å². The Kier molecular flexibility index (Phi) is 2.53. The van der Waals surface area contributed by atoms with Crippen LogP contribution in [0.15, 0.2) is 59.0 Å². The van der Waals surface area contributed by atoms with Crippen LogP contribution in [0.4, 0.5) is 0 Å². The van der Waals surface area contributed by atoms with Crippen molar-refractivity contribution in [2.45, 2.75) is 0 Å². The van der Waals surface area contributed by atoms with Crippen LogP contribution in [0.25, 0.3) is 11.1 Å². The van der Waals surface area contributed by atoms with Gasteiger partial charge in [-0.05, 0) is 24.3 Å². The average molecular weight is 239 g/mol. The van der Waals surface area contributed by atoms with E-state index in [-0.39, 0.29) is 5.89 Å². The van der Waals surface area contributed by atoms with E-state index >= 15 is 0 Å². The Balaban J connectivity index is 1.88. The van der Waals surface area contributed by atoms with Crippen molar-refractivity contribution in [3.05, 3.63) is 60.5 Å². The minimum absolute atomic E-state index is 0.0416. The molecule has 0 atom stereocenters. The van der Waals surface area contributed by atoms with Crippen molar-refractivity contribution in [1.82, 2.24) is 4.98 Å². The third-order valence-corrected chi connectivity index (χ3v) is 2.42. The van der Waals surface area contributed by atoms with Gasteiger partial charge in [-0.25, -0.2) is 9.78 Å². The lowest BCUT2D eigenvalue weighted by atomic mass is 10.3. The molecule has 18 heavy (non-hydrogen) atoms. The van der Waals surface area contributed by atoms with Gasteiger partial charge in [0.15, 0.2) is 5.58 Å². The van der Waals surface area contributed by atoms with E-state index in [4.69, 9.17) is 9.15 Å². The highest BCUT2D eigenvalue weighted by molar-refractivity contribution is 5.89. The monoisotopic (exact) mass is 239 g/mol. The van der Waals surface area contributed by atoms with Crippen molar-refractivity contribution < 1.29 is 13.9 Å². The summed E-state index contributed by atoms with van der Waals surface area (Å²) in [5.41, 5.74) is 1.20. The van der Waals surface area contributed by atoms with Gasteiger partial charge in [0.1, 0.15) is 11.3 Å². The zero-order valence-electron chi connectivity index (χ0n) is 9.37. The lowest BCUT2D eigenvalue weighted by Crippen LogP contribution is -2.08. The van der Waals surface area contributed by atoms with Gasteiger partial charge in [0.2, 0.25) is 0 Å². The Hall–Kier alpha value is -2.62. The van der Waals surface area contributed by atoms with Crippen LogP contribution in [0.1, 0.15) is 10.7 Å². The zero-order chi connectivity index (χ0) is 12.4. The molecule has 2 aromatic carbocycles. The molecule has 0 saturated heterocycles. The number of hydrogen-bond donors (Lipinski definition) is 0. The molecule has 0 aliphatic heterocycles. The quantitative estimate of drug-likeness (QED) is 0.509. The van der Waals surface area contributed by atoms with Crippen LogP contribution in [0, 0.1) is 0 Å². The van der Waals surface area contributed by atoms with Gasteiger partial charge in [-0.2, -0.15) is 0 Å². The van der Waals surface area contributed by atoms with Gasteiger partial charge < -0.3 is 9.15 Å². The van der Waals surface area contributed by atoms with Crippen LogP contribution < -0.4 is 4.74 Å². The molecule has 0 aliphatic rings. The van der Waals surface area contributed by atoms with E-state index in [1.807, 2.05) is 18.2 Å². The second-order valence-corrected chi connectivity index (χ2v) is 3.69. The summed E-state index contributed by atoms with van der Waals surface area (Å²) in [4.78, 5) is 15.9. The van der Waals surface area contributed by atoms with Crippen molar-refractivity contribution >= 4 is 17.1 Å². The Bertz CT molecular complexity index is 655. The van der Waals surface area contributed by atoms with Crippen molar-refractivity contribution in [2.75, 3.05) is 0 Å². The van der Waals surface area contributed by atoms with Gasteiger partial charge >= 0.3 is 11.9 Å². The molecule has 0 bridgehead atoms. The number of para-hydroxylation sites is 3. The fourth-order valence-corrected chi connectivity index (χ4v) is 1.60. The maximum Gasteiger partial charge on any atom is 0.400 e. The molecule has 3 rings (SSSR count). The lowest BCUT2D eigenvalue weighted by molar-refractivity contribution is 0.0695. The Labute approximate surface area is 103 Å². The molecule has 1 heterocycles.